The number of rotatable bonds is 6. The van der Waals surface area contributed by atoms with Gasteiger partial charge in [-0.05, 0) is 32.1 Å². The van der Waals surface area contributed by atoms with Gasteiger partial charge in [0.05, 0.1) is 5.69 Å². The summed E-state index contributed by atoms with van der Waals surface area (Å²) in [5.74, 6) is 2.54. The number of halogens is 1. The van der Waals surface area contributed by atoms with Crippen LogP contribution >= 0.6 is 11.6 Å². The summed E-state index contributed by atoms with van der Waals surface area (Å²) in [6, 6.07) is 0.503. The van der Waals surface area contributed by atoms with Gasteiger partial charge >= 0.3 is 0 Å². The minimum Gasteiger partial charge on any atom is -0.310 e. The summed E-state index contributed by atoms with van der Waals surface area (Å²) in [4.78, 5) is 4.87. The minimum absolute atomic E-state index is 0.503. The van der Waals surface area contributed by atoms with Gasteiger partial charge in [0.25, 0.3) is 0 Å². The fourth-order valence-electron chi connectivity index (χ4n) is 3.13. The second-order valence-corrected chi connectivity index (χ2v) is 6.29. The highest BCUT2D eigenvalue weighted by molar-refractivity contribution is 6.17. The summed E-state index contributed by atoms with van der Waals surface area (Å²) in [5.41, 5.74) is 3.39. The van der Waals surface area contributed by atoms with Crippen LogP contribution in [-0.4, -0.2) is 25.2 Å². The molecule has 0 N–H and O–H groups in total. The number of hydrogen-bond donors (Lipinski definition) is 0. The molecule has 20 heavy (non-hydrogen) atoms. The smallest absolute Gasteiger partial charge is 0.158 e. The molecule has 0 amide bonds. The maximum atomic E-state index is 5.97. The molecular formula is C15H23ClN4. The predicted molar refractivity (Wildman–Crippen MR) is 82.4 cm³/mol. The molecule has 3 rings (SSSR count). The van der Waals surface area contributed by atoms with Gasteiger partial charge in [-0.2, -0.15) is 5.10 Å². The number of imidazole rings is 1. The Morgan fingerprint density at radius 1 is 1.35 bits per heavy atom. The van der Waals surface area contributed by atoms with Crippen LogP contribution in [0.5, 0.6) is 0 Å². The molecule has 2 aromatic heterocycles. The first kappa shape index (κ1) is 13.9. The Labute approximate surface area is 125 Å². The van der Waals surface area contributed by atoms with Crippen LogP contribution in [0.1, 0.15) is 50.7 Å². The summed E-state index contributed by atoms with van der Waals surface area (Å²) in [6.07, 6.45) is 5.59. The fourth-order valence-corrected chi connectivity index (χ4v) is 3.30. The zero-order valence-corrected chi connectivity index (χ0v) is 13.3. The third-order valence-corrected chi connectivity index (χ3v) is 4.51. The van der Waals surface area contributed by atoms with Crippen LogP contribution in [0.2, 0.25) is 0 Å². The van der Waals surface area contributed by atoms with Crippen molar-refractivity contribution in [3.05, 3.63) is 11.5 Å². The van der Waals surface area contributed by atoms with Crippen LogP contribution in [0.3, 0.4) is 0 Å². The van der Waals surface area contributed by atoms with Crippen LogP contribution in [-0.2, 0) is 19.9 Å². The Kier molecular flexibility index (Phi) is 3.76. The van der Waals surface area contributed by atoms with Crippen molar-refractivity contribution in [1.29, 1.82) is 0 Å². The van der Waals surface area contributed by atoms with E-state index in [1.54, 1.807) is 0 Å². The van der Waals surface area contributed by atoms with Crippen molar-refractivity contribution in [3.63, 3.8) is 0 Å². The quantitative estimate of drug-likeness (QED) is 0.765. The molecule has 0 aromatic carbocycles. The molecule has 0 bridgehead atoms. The average molecular weight is 295 g/mol. The molecule has 0 spiro atoms. The number of aryl methyl sites for hydroxylation is 3. The van der Waals surface area contributed by atoms with E-state index in [0.29, 0.717) is 11.9 Å². The lowest BCUT2D eigenvalue weighted by Crippen LogP contribution is -2.14. The first-order valence-electron chi connectivity index (χ1n) is 7.66. The number of hydrogen-bond acceptors (Lipinski definition) is 2. The van der Waals surface area contributed by atoms with E-state index >= 15 is 0 Å². The molecule has 0 radical (unpaired) electrons. The Balaban J connectivity index is 2.14. The van der Waals surface area contributed by atoms with Crippen LogP contribution < -0.4 is 0 Å². The van der Waals surface area contributed by atoms with Gasteiger partial charge in [-0.1, -0.05) is 13.3 Å². The summed E-state index contributed by atoms with van der Waals surface area (Å²) >= 11 is 5.97. The Hall–Kier alpha value is -1.03. The SMILES string of the molecule is CCCc1nn(C)c2c1nc(CCCl)n2C(C)C1CC1. The minimum atomic E-state index is 0.503. The number of alkyl halides is 1. The van der Waals surface area contributed by atoms with Gasteiger partial charge in [0, 0.05) is 25.4 Å². The molecule has 2 heterocycles. The van der Waals surface area contributed by atoms with Crippen LogP contribution in [0.4, 0.5) is 0 Å². The molecule has 0 saturated heterocycles. The lowest BCUT2D eigenvalue weighted by atomic mass is 10.2. The third-order valence-electron chi connectivity index (χ3n) is 4.33. The van der Waals surface area contributed by atoms with Crippen molar-refractivity contribution in [2.24, 2.45) is 13.0 Å². The highest BCUT2D eigenvalue weighted by Crippen LogP contribution is 2.41. The molecule has 1 atom stereocenters. The molecule has 1 saturated carbocycles. The van der Waals surface area contributed by atoms with Crippen molar-refractivity contribution in [2.45, 2.75) is 52.0 Å². The maximum absolute atomic E-state index is 5.97. The van der Waals surface area contributed by atoms with E-state index in [4.69, 9.17) is 16.6 Å². The summed E-state index contributed by atoms with van der Waals surface area (Å²) < 4.78 is 4.39. The summed E-state index contributed by atoms with van der Waals surface area (Å²) in [6.45, 7) is 4.49. The van der Waals surface area contributed by atoms with Gasteiger partial charge in [0.2, 0.25) is 0 Å². The van der Waals surface area contributed by atoms with Gasteiger partial charge < -0.3 is 4.57 Å². The van der Waals surface area contributed by atoms with E-state index in [1.807, 2.05) is 11.7 Å². The van der Waals surface area contributed by atoms with Crippen LogP contribution in [0.15, 0.2) is 0 Å². The summed E-state index contributed by atoms with van der Waals surface area (Å²) in [5, 5.41) is 4.66. The van der Waals surface area contributed by atoms with Crippen molar-refractivity contribution < 1.29 is 0 Å². The standard InChI is InChI=1S/C15H23ClN4/c1-4-5-12-14-15(19(3)18-12)20(10(2)11-6-7-11)13(17-14)8-9-16/h10-11H,4-9H2,1-3H3. The van der Waals surface area contributed by atoms with Gasteiger partial charge in [-0.25, -0.2) is 4.98 Å². The summed E-state index contributed by atoms with van der Waals surface area (Å²) in [7, 11) is 2.03. The number of fused-ring (bicyclic) bond motifs is 1. The van der Waals surface area contributed by atoms with Gasteiger partial charge in [0.1, 0.15) is 11.3 Å². The highest BCUT2D eigenvalue weighted by Gasteiger charge is 2.32. The van der Waals surface area contributed by atoms with E-state index in [0.717, 1.165) is 42.2 Å². The molecule has 1 fully saturated rings. The molecule has 0 aliphatic heterocycles. The zero-order chi connectivity index (χ0) is 14.3. The van der Waals surface area contributed by atoms with E-state index < -0.39 is 0 Å². The molecule has 110 valence electrons. The Morgan fingerprint density at radius 2 is 2.10 bits per heavy atom. The van der Waals surface area contributed by atoms with Gasteiger partial charge in [-0.15, -0.1) is 11.6 Å². The molecule has 5 heteroatoms. The lowest BCUT2D eigenvalue weighted by Gasteiger charge is -2.16. The molecule has 4 nitrogen and oxygen atoms in total. The average Bonchev–Trinajstić information content (AvgIpc) is 3.13. The normalized spacial score (nSPS) is 17.0. The number of nitrogens with zero attached hydrogens (tertiary/aromatic N) is 4. The van der Waals surface area contributed by atoms with E-state index in [9.17, 15) is 0 Å². The van der Waals surface area contributed by atoms with Crippen LogP contribution in [0.25, 0.3) is 11.2 Å². The van der Waals surface area contributed by atoms with E-state index in [2.05, 4.69) is 23.5 Å². The van der Waals surface area contributed by atoms with Crippen molar-refractivity contribution in [3.8, 4) is 0 Å². The van der Waals surface area contributed by atoms with Crippen LogP contribution in [0, 0.1) is 5.92 Å². The van der Waals surface area contributed by atoms with Gasteiger partial charge in [-0.3, -0.25) is 4.68 Å². The van der Waals surface area contributed by atoms with Crippen molar-refractivity contribution in [1.82, 2.24) is 19.3 Å². The molecule has 1 aliphatic rings. The maximum Gasteiger partial charge on any atom is 0.158 e. The molecule has 1 aliphatic carbocycles. The number of aromatic nitrogens is 4. The molecular weight excluding hydrogens is 272 g/mol. The zero-order valence-electron chi connectivity index (χ0n) is 12.6. The fraction of sp³-hybridized carbons (Fsp3) is 0.733. The lowest BCUT2D eigenvalue weighted by molar-refractivity contribution is 0.472. The second kappa shape index (κ2) is 5.40. The molecule has 1 unspecified atom stereocenters. The topological polar surface area (TPSA) is 35.6 Å². The Bertz CT molecular complexity index is 609. The highest BCUT2D eigenvalue weighted by atomic mass is 35.5. The van der Waals surface area contributed by atoms with E-state index in [1.165, 1.54) is 18.5 Å². The second-order valence-electron chi connectivity index (χ2n) is 5.91. The Morgan fingerprint density at radius 3 is 2.70 bits per heavy atom. The first-order valence-corrected chi connectivity index (χ1v) is 8.19. The monoisotopic (exact) mass is 294 g/mol. The van der Waals surface area contributed by atoms with Gasteiger partial charge in [0.15, 0.2) is 5.65 Å². The van der Waals surface area contributed by atoms with E-state index in [-0.39, 0.29) is 0 Å². The van der Waals surface area contributed by atoms with Crippen molar-refractivity contribution in [2.75, 3.05) is 5.88 Å². The largest absolute Gasteiger partial charge is 0.310 e. The first-order chi connectivity index (χ1) is 9.67. The predicted octanol–water partition coefficient (Wildman–Crippen LogP) is 3.47. The third kappa shape index (κ3) is 2.24. The van der Waals surface area contributed by atoms with Crippen molar-refractivity contribution >= 4 is 22.8 Å². The molecule has 2 aromatic rings.